The fourth-order valence-electron chi connectivity index (χ4n) is 3.33. The molecule has 0 saturated heterocycles. The lowest BCUT2D eigenvalue weighted by atomic mass is 10.2. The molecule has 3 N–H and O–H groups in total. The summed E-state index contributed by atoms with van der Waals surface area (Å²) in [6.45, 7) is 8.32. The first-order valence-electron chi connectivity index (χ1n) is 10.3. The van der Waals surface area contributed by atoms with Crippen molar-refractivity contribution in [1.29, 1.82) is 0 Å². The molecule has 0 saturated carbocycles. The summed E-state index contributed by atoms with van der Waals surface area (Å²) >= 11 is 0. The van der Waals surface area contributed by atoms with Crippen LogP contribution in [-0.4, -0.2) is 37.3 Å². The SMILES string of the molecule is C=C(C)/C(N)=C\C(C)=[NH+]CCc1nc2cc(S(=O)(=O)N(C)c3ccccc3)ccc2n1C. The third-order valence-corrected chi connectivity index (χ3v) is 7.12. The number of benzene rings is 2. The van der Waals surface area contributed by atoms with Crippen molar-refractivity contribution in [2.24, 2.45) is 12.8 Å². The number of hydrogen-bond donors (Lipinski definition) is 2. The van der Waals surface area contributed by atoms with Gasteiger partial charge >= 0.3 is 0 Å². The van der Waals surface area contributed by atoms with Crippen LogP contribution in [0.25, 0.3) is 11.0 Å². The van der Waals surface area contributed by atoms with Gasteiger partial charge in [-0.05, 0) is 42.8 Å². The highest BCUT2D eigenvalue weighted by Crippen LogP contribution is 2.25. The number of nitrogens with two attached hydrogens (primary N) is 1. The molecule has 0 aliphatic rings. The molecule has 0 atom stereocenters. The Labute approximate surface area is 189 Å². The van der Waals surface area contributed by atoms with Gasteiger partial charge in [-0.1, -0.05) is 24.8 Å². The topological polar surface area (TPSA) is 95.2 Å². The molecule has 0 aliphatic heterocycles. The van der Waals surface area contributed by atoms with Gasteiger partial charge in [0.25, 0.3) is 10.0 Å². The average Bonchev–Trinajstić information content (AvgIpc) is 3.08. The number of nitrogens with one attached hydrogen (secondary N) is 1. The molecule has 32 heavy (non-hydrogen) atoms. The molecular weight excluding hydrogens is 422 g/mol. The number of aromatic nitrogens is 2. The van der Waals surface area contributed by atoms with Crippen molar-refractivity contribution in [3.8, 4) is 0 Å². The van der Waals surface area contributed by atoms with Gasteiger partial charge in [-0.2, -0.15) is 0 Å². The zero-order valence-electron chi connectivity index (χ0n) is 19.0. The van der Waals surface area contributed by atoms with Gasteiger partial charge < -0.3 is 10.3 Å². The van der Waals surface area contributed by atoms with Gasteiger partial charge in [-0.3, -0.25) is 4.31 Å². The molecule has 0 fully saturated rings. The first-order valence-corrected chi connectivity index (χ1v) is 11.7. The summed E-state index contributed by atoms with van der Waals surface area (Å²) in [5.74, 6) is 0.864. The normalized spacial score (nSPS) is 12.9. The minimum atomic E-state index is -3.69. The predicted octanol–water partition coefficient (Wildman–Crippen LogP) is 1.90. The molecule has 1 aromatic heterocycles. The largest absolute Gasteiger partial charge is 0.398 e. The third-order valence-electron chi connectivity index (χ3n) is 5.34. The Kier molecular flexibility index (Phi) is 6.84. The first-order chi connectivity index (χ1) is 15.1. The lowest BCUT2D eigenvalue weighted by Gasteiger charge is -2.19. The minimum Gasteiger partial charge on any atom is -0.398 e. The van der Waals surface area contributed by atoms with Crippen LogP contribution in [0.5, 0.6) is 0 Å². The number of allylic oxidation sites excluding steroid dienone is 2. The number of imidazole rings is 1. The van der Waals surface area contributed by atoms with Gasteiger partial charge in [-0.15, -0.1) is 0 Å². The average molecular weight is 453 g/mol. The van der Waals surface area contributed by atoms with Crippen LogP contribution in [0.4, 0.5) is 5.69 Å². The quantitative estimate of drug-likeness (QED) is 0.403. The number of sulfonamides is 1. The van der Waals surface area contributed by atoms with E-state index < -0.39 is 10.0 Å². The van der Waals surface area contributed by atoms with Crippen LogP contribution in [-0.2, 0) is 23.5 Å². The highest BCUT2D eigenvalue weighted by Gasteiger charge is 2.22. The number of rotatable bonds is 8. The monoisotopic (exact) mass is 452 g/mol. The second-order valence-corrected chi connectivity index (χ2v) is 9.75. The first kappa shape index (κ1) is 23.3. The van der Waals surface area contributed by atoms with Crippen molar-refractivity contribution in [3.05, 3.63) is 78.3 Å². The standard InChI is InChI=1S/C24H29N5O2S/c1-17(2)21(25)15-18(3)26-14-13-24-27-22-16-20(11-12-23(22)28(24)4)32(30,31)29(5)19-9-7-6-8-10-19/h6-12,15-16H,1,13-14,25H2,2-5H3/p+1/b21-15+,26-18?. The van der Waals surface area contributed by atoms with Crippen molar-refractivity contribution in [2.45, 2.75) is 25.2 Å². The summed E-state index contributed by atoms with van der Waals surface area (Å²) in [5.41, 5.74) is 10.5. The molecule has 7 nitrogen and oxygen atoms in total. The number of para-hydroxylation sites is 1. The van der Waals surface area contributed by atoms with E-state index in [4.69, 9.17) is 5.73 Å². The summed E-state index contributed by atoms with van der Waals surface area (Å²) in [4.78, 5) is 8.21. The number of nitrogens with zero attached hydrogens (tertiary/aromatic N) is 3. The van der Waals surface area contributed by atoms with Crippen molar-refractivity contribution in [2.75, 3.05) is 17.9 Å². The van der Waals surface area contributed by atoms with E-state index in [0.29, 0.717) is 29.9 Å². The van der Waals surface area contributed by atoms with Crippen LogP contribution >= 0.6 is 0 Å². The van der Waals surface area contributed by atoms with E-state index in [2.05, 4.69) is 16.6 Å². The van der Waals surface area contributed by atoms with Crippen molar-refractivity contribution >= 4 is 32.5 Å². The van der Waals surface area contributed by atoms with Crippen molar-refractivity contribution in [3.63, 3.8) is 0 Å². The molecule has 1 heterocycles. The summed E-state index contributed by atoms with van der Waals surface area (Å²) in [7, 11) is -0.202. The predicted molar refractivity (Wildman–Crippen MR) is 130 cm³/mol. The molecule has 0 bridgehead atoms. The molecule has 3 rings (SSSR count). The molecule has 168 valence electrons. The summed E-state index contributed by atoms with van der Waals surface area (Å²) in [6, 6.07) is 14.1. The fourth-order valence-corrected chi connectivity index (χ4v) is 4.54. The van der Waals surface area contributed by atoms with E-state index >= 15 is 0 Å². The Morgan fingerprint density at radius 3 is 2.56 bits per heavy atom. The second-order valence-electron chi connectivity index (χ2n) is 7.79. The van der Waals surface area contributed by atoms with Gasteiger partial charge in [-0.25, -0.2) is 18.4 Å². The van der Waals surface area contributed by atoms with E-state index in [0.717, 1.165) is 22.6 Å². The maximum atomic E-state index is 13.1. The van der Waals surface area contributed by atoms with Crippen LogP contribution in [0, 0.1) is 0 Å². The highest BCUT2D eigenvalue weighted by molar-refractivity contribution is 7.92. The molecular formula is C24H30N5O2S+. The van der Waals surface area contributed by atoms with Gasteiger partial charge in [0.05, 0.1) is 28.0 Å². The summed E-state index contributed by atoms with van der Waals surface area (Å²) in [6.07, 6.45) is 2.53. The molecule has 0 radical (unpaired) electrons. The van der Waals surface area contributed by atoms with Gasteiger partial charge in [0, 0.05) is 32.8 Å². The Morgan fingerprint density at radius 1 is 1.22 bits per heavy atom. The Morgan fingerprint density at radius 2 is 1.91 bits per heavy atom. The number of anilines is 1. The van der Waals surface area contributed by atoms with Gasteiger partial charge in [0.2, 0.25) is 0 Å². The molecule has 0 unspecified atom stereocenters. The number of fused-ring (bicyclic) bond motifs is 1. The Bertz CT molecular complexity index is 1300. The van der Waals surface area contributed by atoms with E-state index in [1.165, 1.54) is 4.31 Å². The fraction of sp³-hybridized carbons (Fsp3) is 0.250. The minimum absolute atomic E-state index is 0.212. The lowest BCUT2D eigenvalue weighted by Crippen LogP contribution is -2.72. The second kappa shape index (κ2) is 9.40. The molecule has 2 aromatic carbocycles. The lowest BCUT2D eigenvalue weighted by molar-refractivity contribution is -0.456. The molecule has 8 heteroatoms. The van der Waals surface area contributed by atoms with Crippen LogP contribution in [0.1, 0.15) is 19.7 Å². The van der Waals surface area contributed by atoms with E-state index in [-0.39, 0.29) is 4.90 Å². The van der Waals surface area contributed by atoms with E-state index in [1.807, 2.05) is 49.7 Å². The highest BCUT2D eigenvalue weighted by atomic mass is 32.2. The zero-order chi connectivity index (χ0) is 23.5. The Hall–Kier alpha value is -3.39. The van der Waals surface area contributed by atoms with Crippen molar-refractivity contribution < 1.29 is 13.4 Å². The van der Waals surface area contributed by atoms with Crippen LogP contribution in [0.15, 0.2) is 77.4 Å². The van der Waals surface area contributed by atoms with Crippen molar-refractivity contribution in [1.82, 2.24) is 9.55 Å². The van der Waals surface area contributed by atoms with E-state index in [9.17, 15) is 8.42 Å². The third kappa shape index (κ3) is 4.91. The number of hydrogen-bond acceptors (Lipinski definition) is 4. The van der Waals surface area contributed by atoms with Gasteiger partial charge in [0.1, 0.15) is 12.4 Å². The molecule has 3 aromatic rings. The zero-order valence-corrected chi connectivity index (χ0v) is 19.8. The maximum Gasteiger partial charge on any atom is 0.264 e. The summed E-state index contributed by atoms with van der Waals surface area (Å²) in [5, 5.41) is 0. The summed E-state index contributed by atoms with van der Waals surface area (Å²) < 4.78 is 29.5. The maximum absolute atomic E-state index is 13.1. The number of aryl methyl sites for hydroxylation is 1. The van der Waals surface area contributed by atoms with Gasteiger partial charge in [0.15, 0.2) is 5.71 Å². The molecule has 0 amide bonds. The van der Waals surface area contributed by atoms with Crippen LogP contribution in [0.2, 0.25) is 0 Å². The van der Waals surface area contributed by atoms with Crippen LogP contribution < -0.4 is 15.0 Å². The molecule has 0 aliphatic carbocycles. The smallest absolute Gasteiger partial charge is 0.264 e. The Balaban J connectivity index is 1.84. The van der Waals surface area contributed by atoms with E-state index in [1.54, 1.807) is 37.4 Å². The van der Waals surface area contributed by atoms with Crippen LogP contribution in [0.3, 0.4) is 0 Å². The molecule has 0 spiro atoms.